The van der Waals surface area contributed by atoms with Gasteiger partial charge in [-0.1, -0.05) is 0 Å². The van der Waals surface area contributed by atoms with Gasteiger partial charge < -0.3 is 40.0 Å². The Kier molecular flexibility index (Phi) is 8.08. The minimum Gasteiger partial charge on any atom is -0.462 e. The topological polar surface area (TPSA) is 155 Å². The van der Waals surface area contributed by atoms with Crippen molar-refractivity contribution in [3.05, 3.63) is 11.8 Å². The summed E-state index contributed by atoms with van der Waals surface area (Å²) in [6, 6.07) is 0. The van der Waals surface area contributed by atoms with Crippen molar-refractivity contribution >= 4 is 11.9 Å². The SMILES string of the molecule is CCOC(=O)C(=CN[C@@H]1O[C@H](CO)[C@@H](O)[C@H](O)[C@@H]1O)C(=O)OCC. The molecule has 24 heavy (non-hydrogen) atoms. The minimum atomic E-state index is -1.59. The van der Waals surface area contributed by atoms with Gasteiger partial charge in [0.15, 0.2) is 11.8 Å². The van der Waals surface area contributed by atoms with E-state index in [-0.39, 0.29) is 13.2 Å². The molecule has 0 unspecified atom stereocenters. The van der Waals surface area contributed by atoms with Gasteiger partial charge in [-0.25, -0.2) is 9.59 Å². The number of aliphatic hydroxyl groups is 4. The maximum absolute atomic E-state index is 11.8. The van der Waals surface area contributed by atoms with Crippen LogP contribution in [-0.2, 0) is 23.8 Å². The highest BCUT2D eigenvalue weighted by Gasteiger charge is 2.43. The third-order valence-corrected chi connectivity index (χ3v) is 3.27. The maximum Gasteiger partial charge on any atom is 0.347 e. The Bertz CT molecular complexity index is 445. The molecule has 0 aromatic carbocycles. The maximum atomic E-state index is 11.8. The lowest BCUT2D eigenvalue weighted by molar-refractivity contribution is -0.233. The summed E-state index contributed by atoms with van der Waals surface area (Å²) >= 11 is 0. The van der Waals surface area contributed by atoms with Crippen LogP contribution >= 0.6 is 0 Å². The first-order valence-corrected chi connectivity index (χ1v) is 7.48. The van der Waals surface area contributed by atoms with Gasteiger partial charge >= 0.3 is 11.9 Å². The van der Waals surface area contributed by atoms with E-state index in [0.717, 1.165) is 6.20 Å². The van der Waals surface area contributed by atoms with Crippen LogP contribution in [0.15, 0.2) is 11.8 Å². The smallest absolute Gasteiger partial charge is 0.347 e. The summed E-state index contributed by atoms with van der Waals surface area (Å²) < 4.78 is 14.7. The summed E-state index contributed by atoms with van der Waals surface area (Å²) in [4.78, 5) is 23.6. The molecule has 10 nitrogen and oxygen atoms in total. The Labute approximate surface area is 138 Å². The monoisotopic (exact) mass is 349 g/mol. The number of nitrogens with one attached hydrogen (secondary N) is 1. The average molecular weight is 349 g/mol. The number of carbonyl (C=O) groups is 2. The second-order valence-corrected chi connectivity index (χ2v) is 4.92. The van der Waals surface area contributed by atoms with Crippen molar-refractivity contribution in [3.8, 4) is 0 Å². The summed E-state index contributed by atoms with van der Waals surface area (Å²) in [5.74, 6) is -1.87. The quantitative estimate of drug-likeness (QED) is 0.143. The molecule has 0 aliphatic carbocycles. The van der Waals surface area contributed by atoms with Crippen LogP contribution < -0.4 is 5.32 Å². The number of ether oxygens (including phenoxy) is 3. The van der Waals surface area contributed by atoms with Gasteiger partial charge in [0.25, 0.3) is 0 Å². The first-order chi connectivity index (χ1) is 11.4. The van der Waals surface area contributed by atoms with Crippen molar-refractivity contribution in [2.24, 2.45) is 0 Å². The number of hydrogen-bond acceptors (Lipinski definition) is 10. The van der Waals surface area contributed by atoms with Crippen LogP contribution in [0, 0.1) is 0 Å². The number of esters is 2. The zero-order chi connectivity index (χ0) is 18.3. The molecular weight excluding hydrogens is 326 g/mol. The predicted molar refractivity (Wildman–Crippen MR) is 78.3 cm³/mol. The van der Waals surface area contributed by atoms with Crippen LogP contribution in [0.5, 0.6) is 0 Å². The minimum absolute atomic E-state index is 0.0373. The lowest BCUT2D eigenvalue weighted by Crippen LogP contribution is -2.61. The molecule has 5 N–H and O–H groups in total. The Hall–Kier alpha value is -1.72. The first-order valence-electron chi connectivity index (χ1n) is 7.48. The van der Waals surface area contributed by atoms with Gasteiger partial charge in [0.2, 0.25) is 0 Å². The first kappa shape index (κ1) is 20.3. The molecule has 1 aliphatic heterocycles. The highest BCUT2D eigenvalue weighted by Crippen LogP contribution is 2.19. The highest BCUT2D eigenvalue weighted by molar-refractivity contribution is 6.13. The van der Waals surface area contributed by atoms with E-state index in [1.165, 1.54) is 0 Å². The van der Waals surface area contributed by atoms with Crippen LogP contribution in [0.1, 0.15) is 13.8 Å². The molecule has 0 aromatic rings. The summed E-state index contributed by atoms with van der Waals surface area (Å²) in [5.41, 5.74) is -0.462. The molecule has 1 rings (SSSR count). The van der Waals surface area contributed by atoms with E-state index in [4.69, 9.17) is 19.3 Å². The van der Waals surface area contributed by atoms with Crippen LogP contribution in [0.25, 0.3) is 0 Å². The van der Waals surface area contributed by atoms with E-state index < -0.39 is 54.8 Å². The van der Waals surface area contributed by atoms with E-state index in [1.54, 1.807) is 13.8 Å². The lowest BCUT2D eigenvalue weighted by atomic mass is 9.98. The van der Waals surface area contributed by atoms with Crippen LogP contribution in [-0.4, -0.2) is 82.8 Å². The van der Waals surface area contributed by atoms with Crippen molar-refractivity contribution in [1.82, 2.24) is 5.32 Å². The van der Waals surface area contributed by atoms with Gasteiger partial charge in [-0.2, -0.15) is 0 Å². The van der Waals surface area contributed by atoms with E-state index in [0.29, 0.717) is 0 Å². The number of aliphatic hydroxyl groups excluding tert-OH is 4. The zero-order valence-electron chi connectivity index (χ0n) is 13.4. The molecule has 0 amide bonds. The van der Waals surface area contributed by atoms with E-state index in [2.05, 4.69) is 5.32 Å². The normalized spacial score (nSPS) is 29.5. The second kappa shape index (κ2) is 9.55. The second-order valence-electron chi connectivity index (χ2n) is 4.92. The fraction of sp³-hybridized carbons (Fsp3) is 0.714. The molecule has 1 saturated heterocycles. The molecule has 1 heterocycles. The summed E-state index contributed by atoms with van der Waals surface area (Å²) in [6.45, 7) is 2.60. The van der Waals surface area contributed by atoms with Crippen molar-refractivity contribution in [2.75, 3.05) is 19.8 Å². The third-order valence-electron chi connectivity index (χ3n) is 3.27. The van der Waals surface area contributed by atoms with Gasteiger partial charge in [0.1, 0.15) is 24.4 Å². The number of hydrogen-bond donors (Lipinski definition) is 5. The van der Waals surface area contributed by atoms with Crippen molar-refractivity contribution in [1.29, 1.82) is 0 Å². The molecule has 138 valence electrons. The van der Waals surface area contributed by atoms with Gasteiger partial charge in [0.05, 0.1) is 19.8 Å². The summed E-state index contributed by atoms with van der Waals surface area (Å²) in [6.07, 6.45) is -6.13. The van der Waals surface area contributed by atoms with Gasteiger partial charge in [-0.15, -0.1) is 0 Å². The molecule has 0 bridgehead atoms. The molecule has 0 spiro atoms. The van der Waals surface area contributed by atoms with E-state index in [1.807, 2.05) is 0 Å². The van der Waals surface area contributed by atoms with E-state index in [9.17, 15) is 24.9 Å². The average Bonchev–Trinajstić information content (AvgIpc) is 2.55. The fourth-order valence-electron chi connectivity index (χ4n) is 2.02. The number of carbonyl (C=O) groups excluding carboxylic acids is 2. The summed E-state index contributed by atoms with van der Waals surface area (Å²) in [5, 5.41) is 40.8. The Morgan fingerprint density at radius 2 is 1.58 bits per heavy atom. The van der Waals surface area contributed by atoms with Gasteiger partial charge in [-0.05, 0) is 13.8 Å². The van der Waals surface area contributed by atoms with Crippen molar-refractivity contribution < 1.29 is 44.2 Å². The molecule has 0 radical (unpaired) electrons. The van der Waals surface area contributed by atoms with E-state index >= 15 is 0 Å². The van der Waals surface area contributed by atoms with Crippen LogP contribution in [0.2, 0.25) is 0 Å². The Morgan fingerprint density at radius 1 is 1.04 bits per heavy atom. The van der Waals surface area contributed by atoms with Gasteiger partial charge in [0, 0.05) is 6.20 Å². The van der Waals surface area contributed by atoms with Crippen molar-refractivity contribution in [3.63, 3.8) is 0 Å². The molecule has 0 saturated carbocycles. The largest absolute Gasteiger partial charge is 0.462 e. The molecule has 5 atom stereocenters. The van der Waals surface area contributed by atoms with Crippen LogP contribution in [0.4, 0.5) is 0 Å². The molecule has 0 aromatic heterocycles. The predicted octanol–water partition coefficient (Wildman–Crippen LogP) is -2.61. The Morgan fingerprint density at radius 3 is 2.04 bits per heavy atom. The molecule has 1 fully saturated rings. The molecule has 10 heteroatoms. The highest BCUT2D eigenvalue weighted by atomic mass is 16.6. The van der Waals surface area contributed by atoms with Crippen molar-refractivity contribution in [2.45, 2.75) is 44.5 Å². The van der Waals surface area contributed by atoms with Gasteiger partial charge in [-0.3, -0.25) is 0 Å². The number of rotatable bonds is 7. The molecular formula is C14H23NO9. The fourth-order valence-corrected chi connectivity index (χ4v) is 2.02. The Balaban J connectivity index is 2.90. The molecule has 1 aliphatic rings. The standard InChI is InChI=1S/C14H23NO9/c1-3-22-13(20)7(14(21)23-4-2)5-15-12-11(19)10(18)9(17)8(6-16)24-12/h5,8-12,15-19H,3-4,6H2,1-2H3/t8-,9-,10+,11+,12-/m1/s1. The third kappa shape index (κ3) is 4.89. The summed E-state index contributed by atoms with van der Waals surface area (Å²) in [7, 11) is 0. The zero-order valence-corrected chi connectivity index (χ0v) is 13.4. The lowest BCUT2D eigenvalue weighted by Gasteiger charge is -2.40. The van der Waals surface area contributed by atoms with Crippen LogP contribution in [0.3, 0.4) is 0 Å².